The Balaban J connectivity index is -0.00000000659. The minimum Gasteiger partial charge on any atom is -1.00 e. The zero-order valence-corrected chi connectivity index (χ0v) is 26.7. The van der Waals surface area contributed by atoms with Gasteiger partial charge in [-0.15, -0.1) is 0 Å². The second-order valence-electron chi connectivity index (χ2n) is 1.81. The smallest absolute Gasteiger partial charge is 1.00 e. The molecule has 22 nitrogen and oxygen atoms in total. The van der Waals surface area contributed by atoms with Gasteiger partial charge in [-0.1, -0.05) is 0 Å². The molecule has 0 heterocycles. The third kappa shape index (κ3) is 2140. The molecule has 0 saturated carbocycles. The van der Waals surface area contributed by atoms with Crippen molar-refractivity contribution >= 4 is 74.8 Å². The molecule has 0 amide bonds. The van der Waals surface area contributed by atoms with E-state index in [9.17, 15) is 0 Å². The van der Waals surface area contributed by atoms with E-state index in [0.29, 0.717) is 0 Å². The first kappa shape index (κ1) is 110. The summed E-state index contributed by atoms with van der Waals surface area (Å²) in [6.45, 7) is 0. The molecule has 0 bridgehead atoms. The number of hydrogen-bond acceptors (Lipinski definition) is 15. The molecule has 0 saturated heterocycles. The summed E-state index contributed by atoms with van der Waals surface area (Å²) < 4.78 is 8.66. The van der Waals surface area contributed by atoms with Crippen molar-refractivity contribution in [2.24, 2.45) is 0 Å². The van der Waals surface area contributed by atoms with Gasteiger partial charge in [0, 0.05) is 0 Å². The van der Waals surface area contributed by atoms with E-state index >= 15 is 0 Å². The molecule has 0 fully saturated rings. The van der Waals surface area contributed by atoms with Gasteiger partial charge < -0.3 is 125 Å². The van der Waals surface area contributed by atoms with E-state index < -0.39 is 37.1 Å². The fraction of sp³-hybridized carbons (Fsp3) is 0. The van der Waals surface area contributed by atoms with Crippen molar-refractivity contribution in [1.29, 1.82) is 0 Å². The van der Waals surface area contributed by atoms with Crippen molar-refractivity contribution in [2.75, 3.05) is 0 Å². The predicted molar refractivity (Wildman–Crippen MR) is 82.5 cm³/mol. The minimum absolute atomic E-state index is 0. The van der Waals surface area contributed by atoms with Gasteiger partial charge >= 0.3 is 148 Å². The standard InChI is InChI=1S/3BH3O3.BHO3.Ca.ClH.3Na.H3O4P.6H2O/c4*2-1(3)4;;;;;;1-5(2,3)4;;;;;;/h3*2-4H;2H;;1H;;;;(H3,1,2,3,4);6*1H2/q;;;-2;+2;;3*+1;;;;;;;/p-3. The summed E-state index contributed by atoms with van der Waals surface area (Å²) in [4.78, 5) is 24.3. The second kappa shape index (κ2) is 83.5. The SMILES string of the molecule is O.O.O.O.O.O.O=P([O-])([O-])O.OB(O)O.OB(O)O.OB(O)O.[Ca+2].[Cl-].[Na+].[Na+].[Na+].[O-]B([O-])O. The summed E-state index contributed by atoms with van der Waals surface area (Å²) >= 11 is 0. The molecule has 0 unspecified atom stereocenters. The molecule has 0 aliphatic carbocycles. The Hall–Kier alpha value is 4.20. The molecule has 0 aromatic rings. The van der Waals surface area contributed by atoms with Gasteiger partial charge in [0.05, 0.1) is 15.1 Å². The van der Waals surface area contributed by atoms with Crippen molar-refractivity contribution in [3.63, 3.8) is 0 Å². The maximum Gasteiger partial charge on any atom is 2.00 e. The normalized spacial score (nSPS) is 5.22. The van der Waals surface area contributed by atoms with E-state index in [1.54, 1.807) is 0 Å². The topological polar surface area (TPSA) is 521 Å². The maximum atomic E-state index is 8.66. The van der Waals surface area contributed by atoms with E-state index in [1.165, 1.54) is 0 Å². The van der Waals surface area contributed by atoms with Crippen molar-refractivity contribution in [3.05, 3.63) is 0 Å². The minimum atomic E-state index is -5.14. The van der Waals surface area contributed by atoms with Gasteiger partial charge in [0.15, 0.2) is 0 Å². The van der Waals surface area contributed by atoms with E-state index in [4.69, 9.17) is 79.5 Å². The van der Waals surface area contributed by atoms with Crippen LogP contribution in [0.15, 0.2) is 0 Å². The zero-order chi connectivity index (χ0) is 18.8. The van der Waals surface area contributed by atoms with Gasteiger partial charge in [0.25, 0.3) is 0 Å². The molecule has 32 heteroatoms. The van der Waals surface area contributed by atoms with E-state index in [0.717, 1.165) is 0 Å². The third-order valence-corrected chi connectivity index (χ3v) is 0. The molecular formula is H23B4CaClNa3O22P. The van der Waals surface area contributed by atoms with Gasteiger partial charge in [-0.25, -0.2) is 0 Å². The fourth-order valence-corrected chi connectivity index (χ4v) is 0. The summed E-state index contributed by atoms with van der Waals surface area (Å²) in [5.74, 6) is 0. The van der Waals surface area contributed by atoms with Crippen molar-refractivity contribution in [1.82, 2.24) is 0 Å². The van der Waals surface area contributed by atoms with Crippen LogP contribution in [0.25, 0.3) is 0 Å². The maximum absolute atomic E-state index is 8.66. The Morgan fingerprint density at radius 1 is 0.531 bits per heavy atom. The van der Waals surface area contributed by atoms with E-state index in [2.05, 4.69) is 0 Å². The Morgan fingerprint density at radius 3 is 0.531 bits per heavy atom. The molecule has 0 spiro atoms. The molecule has 0 aliphatic heterocycles. The van der Waals surface area contributed by atoms with Crippen LogP contribution in [0.2, 0.25) is 0 Å². The molecule has 184 valence electrons. The first-order chi connectivity index (χ1) is 8.93. The number of rotatable bonds is 0. The summed E-state index contributed by atoms with van der Waals surface area (Å²) in [7, 11) is -14.3. The van der Waals surface area contributed by atoms with Crippen LogP contribution in [0.5, 0.6) is 0 Å². The van der Waals surface area contributed by atoms with Crippen LogP contribution in [-0.2, 0) is 4.57 Å². The summed E-state index contributed by atoms with van der Waals surface area (Å²) in [5, 5.41) is 88.5. The first-order valence-corrected chi connectivity index (χ1v) is 5.30. The molecule has 23 N–H and O–H groups in total. The molecule has 0 atom stereocenters. The quantitative estimate of drug-likeness (QED) is 0.0916. The van der Waals surface area contributed by atoms with Crippen LogP contribution in [0.4, 0.5) is 0 Å². The van der Waals surface area contributed by atoms with Gasteiger partial charge in [-0.3, -0.25) is 0 Å². The van der Waals surface area contributed by atoms with Crippen LogP contribution >= 0.6 is 7.82 Å². The van der Waals surface area contributed by atoms with Gasteiger partial charge in [0.1, 0.15) is 0 Å². The Labute approximate surface area is 284 Å². The van der Waals surface area contributed by atoms with Crippen molar-refractivity contribution < 1.29 is 213 Å². The molecule has 0 aliphatic rings. The number of halogens is 1. The van der Waals surface area contributed by atoms with Crippen LogP contribution in [0.1, 0.15) is 0 Å². The largest absolute Gasteiger partial charge is 2.00 e. The summed E-state index contributed by atoms with van der Waals surface area (Å²) in [6.07, 6.45) is 0. The average Bonchev–Trinajstić information content (AvgIpc) is 1.91. The Morgan fingerprint density at radius 2 is 0.531 bits per heavy atom. The second-order valence-corrected chi connectivity index (χ2v) is 2.75. The number of phosphoric acid groups is 1. The zero-order valence-electron chi connectivity index (χ0n) is 16.8. The molecule has 32 heavy (non-hydrogen) atoms. The first-order valence-electron chi connectivity index (χ1n) is 3.80. The van der Waals surface area contributed by atoms with Gasteiger partial charge in [-0.05, 0) is 0 Å². The van der Waals surface area contributed by atoms with Gasteiger partial charge in [0.2, 0.25) is 0 Å². The van der Waals surface area contributed by atoms with Crippen LogP contribution in [-0.4, -0.2) is 155 Å². The Bertz CT molecular complexity index is 182. The molecule has 0 rings (SSSR count). The van der Waals surface area contributed by atoms with Crippen LogP contribution in [0.3, 0.4) is 0 Å². The average molecular weight is 594 g/mol. The third-order valence-electron chi connectivity index (χ3n) is 0. The van der Waals surface area contributed by atoms with E-state index in [1.807, 2.05) is 0 Å². The Kier molecular flexibility index (Phi) is 287. The monoisotopic (exact) mass is 594 g/mol. The molecule has 0 aromatic carbocycles. The molecule has 0 aromatic heterocycles. The predicted octanol–water partition coefficient (Wildman–Crippen LogP) is -29.0. The van der Waals surface area contributed by atoms with Gasteiger partial charge in [-0.2, -0.15) is 0 Å². The summed E-state index contributed by atoms with van der Waals surface area (Å²) in [6, 6.07) is 0. The fourth-order valence-electron chi connectivity index (χ4n) is 0. The van der Waals surface area contributed by atoms with Crippen molar-refractivity contribution in [3.8, 4) is 0 Å². The number of hydrogen-bond donors (Lipinski definition) is 11. The van der Waals surface area contributed by atoms with E-state index in [-0.39, 0.29) is 172 Å². The molecular weight excluding hydrogens is 571 g/mol. The summed E-state index contributed by atoms with van der Waals surface area (Å²) in [5.41, 5.74) is 0. The van der Waals surface area contributed by atoms with Crippen LogP contribution in [0, 0.1) is 0 Å². The van der Waals surface area contributed by atoms with Crippen LogP contribution < -0.4 is 121 Å². The van der Waals surface area contributed by atoms with Crippen molar-refractivity contribution in [2.45, 2.75) is 0 Å². The molecule has 0 radical (unpaired) electrons.